The Kier molecular flexibility index (Phi) is 0.832. The van der Waals surface area contributed by atoms with E-state index in [2.05, 4.69) is 27.7 Å². The van der Waals surface area contributed by atoms with Crippen LogP contribution in [0.2, 0.25) is 0 Å². The van der Waals surface area contributed by atoms with E-state index in [1.807, 2.05) is 0 Å². The van der Waals surface area contributed by atoms with E-state index >= 15 is 0 Å². The average Bonchev–Trinajstić information content (AvgIpc) is 2.73. The third-order valence-electron chi connectivity index (χ3n) is 5.61. The number of rotatable bonds is 0. The van der Waals surface area contributed by atoms with Crippen LogP contribution in [0.4, 0.5) is 0 Å². The van der Waals surface area contributed by atoms with Gasteiger partial charge in [-0.25, -0.2) is 0 Å². The molecule has 0 nitrogen and oxygen atoms in total. The fraction of sp³-hybridized carbons (Fsp3) is 1.00. The van der Waals surface area contributed by atoms with Gasteiger partial charge in [0.25, 0.3) is 0 Å². The van der Waals surface area contributed by atoms with E-state index in [4.69, 9.17) is 0 Å². The molecule has 0 aromatic rings. The van der Waals surface area contributed by atoms with E-state index in [9.17, 15) is 0 Å². The number of fused-ring (bicyclic) bond motifs is 2. The molecule has 0 aromatic heterocycles. The van der Waals surface area contributed by atoms with Crippen molar-refractivity contribution < 1.29 is 0 Å². The fourth-order valence-electron chi connectivity index (χ4n) is 4.84. The summed E-state index contributed by atoms with van der Waals surface area (Å²) < 4.78 is 0. The van der Waals surface area contributed by atoms with Gasteiger partial charge in [-0.2, -0.15) is 0 Å². The van der Waals surface area contributed by atoms with Gasteiger partial charge in [0.15, 0.2) is 0 Å². The van der Waals surface area contributed by atoms with Gasteiger partial charge < -0.3 is 0 Å². The standard InChI is InChI=1S/C11H18/c1-5-9-8(4)11(10(5)9)6(2)7(11)3/h5-10H,1-4H3. The highest BCUT2D eigenvalue weighted by molar-refractivity contribution is 5.30. The summed E-state index contributed by atoms with van der Waals surface area (Å²) in [5, 5.41) is 0. The molecule has 62 valence electrons. The van der Waals surface area contributed by atoms with Crippen molar-refractivity contribution in [1.82, 2.24) is 0 Å². The number of hydrogen-bond acceptors (Lipinski definition) is 0. The molecule has 6 atom stereocenters. The Morgan fingerprint density at radius 1 is 0.818 bits per heavy atom. The molecule has 6 unspecified atom stereocenters. The van der Waals surface area contributed by atoms with E-state index in [0.717, 1.165) is 40.9 Å². The molecule has 0 amide bonds. The van der Waals surface area contributed by atoms with Gasteiger partial charge in [0.1, 0.15) is 0 Å². The fourth-order valence-corrected chi connectivity index (χ4v) is 4.84. The summed E-state index contributed by atoms with van der Waals surface area (Å²) in [6.07, 6.45) is 0. The molecule has 3 fully saturated rings. The maximum atomic E-state index is 2.49. The second kappa shape index (κ2) is 1.41. The average molecular weight is 150 g/mol. The lowest BCUT2D eigenvalue weighted by molar-refractivity contribution is 0.115. The molecule has 0 N–H and O–H groups in total. The van der Waals surface area contributed by atoms with Crippen molar-refractivity contribution in [2.75, 3.05) is 0 Å². The summed E-state index contributed by atoms with van der Waals surface area (Å²) in [6, 6.07) is 0. The van der Waals surface area contributed by atoms with Gasteiger partial charge in [-0.05, 0) is 40.9 Å². The highest BCUT2D eigenvalue weighted by Crippen LogP contribution is 2.87. The monoisotopic (exact) mass is 150 g/mol. The van der Waals surface area contributed by atoms with Gasteiger partial charge in [0.2, 0.25) is 0 Å². The molecule has 0 heteroatoms. The minimum absolute atomic E-state index is 0.851. The lowest BCUT2D eigenvalue weighted by atomic mass is 9.69. The minimum Gasteiger partial charge on any atom is -0.0619 e. The molecule has 3 aliphatic carbocycles. The van der Waals surface area contributed by atoms with Crippen molar-refractivity contribution >= 4 is 0 Å². The van der Waals surface area contributed by atoms with Crippen LogP contribution in [0.25, 0.3) is 0 Å². The Bertz CT molecular complexity index is 202. The first-order valence-electron chi connectivity index (χ1n) is 5.13. The maximum Gasteiger partial charge on any atom is -0.0178 e. The van der Waals surface area contributed by atoms with E-state index in [1.165, 1.54) is 0 Å². The van der Waals surface area contributed by atoms with Crippen LogP contribution in [0, 0.1) is 40.9 Å². The van der Waals surface area contributed by atoms with E-state index in [0.29, 0.717) is 0 Å². The predicted octanol–water partition coefficient (Wildman–Crippen LogP) is 2.79. The molecular weight excluding hydrogens is 132 g/mol. The Morgan fingerprint density at radius 3 is 1.55 bits per heavy atom. The SMILES string of the molecule is CC1C2C(C)C3(C(C)C3C)C12. The van der Waals surface area contributed by atoms with Crippen molar-refractivity contribution in [2.24, 2.45) is 40.9 Å². The normalized spacial score (nSPS) is 77.5. The molecule has 1 spiro atoms. The molecule has 0 aromatic carbocycles. The largest absolute Gasteiger partial charge is 0.0619 e. The lowest BCUT2D eigenvalue weighted by Crippen LogP contribution is -2.31. The zero-order valence-electron chi connectivity index (χ0n) is 7.96. The van der Waals surface area contributed by atoms with E-state index in [-0.39, 0.29) is 0 Å². The first-order chi connectivity index (χ1) is 5.13. The molecule has 0 bridgehead atoms. The Labute approximate surface area is 69.4 Å². The van der Waals surface area contributed by atoms with Crippen LogP contribution in [0.1, 0.15) is 27.7 Å². The molecule has 3 rings (SSSR count). The molecule has 11 heavy (non-hydrogen) atoms. The van der Waals surface area contributed by atoms with E-state index in [1.54, 1.807) is 0 Å². The van der Waals surface area contributed by atoms with Crippen molar-refractivity contribution in [3.63, 3.8) is 0 Å². The van der Waals surface area contributed by atoms with Crippen molar-refractivity contribution in [3.05, 3.63) is 0 Å². The Balaban J connectivity index is 1.93. The lowest BCUT2D eigenvalue weighted by Gasteiger charge is -2.35. The maximum absolute atomic E-state index is 2.49. The van der Waals surface area contributed by atoms with Crippen LogP contribution in [0.3, 0.4) is 0 Å². The highest BCUT2D eigenvalue weighted by atomic mass is 14.9. The summed E-state index contributed by atoms with van der Waals surface area (Å²) >= 11 is 0. The zero-order valence-corrected chi connectivity index (χ0v) is 7.96. The van der Waals surface area contributed by atoms with Gasteiger partial charge in [-0.1, -0.05) is 27.7 Å². The topological polar surface area (TPSA) is 0 Å². The third-order valence-corrected chi connectivity index (χ3v) is 5.61. The zero-order chi connectivity index (χ0) is 7.96. The van der Waals surface area contributed by atoms with Gasteiger partial charge in [-0.3, -0.25) is 0 Å². The van der Waals surface area contributed by atoms with Gasteiger partial charge >= 0.3 is 0 Å². The predicted molar refractivity (Wildman–Crippen MR) is 46.1 cm³/mol. The van der Waals surface area contributed by atoms with Gasteiger partial charge in [-0.15, -0.1) is 0 Å². The molecule has 3 aliphatic rings. The summed E-state index contributed by atoms with van der Waals surface area (Å²) in [4.78, 5) is 0. The van der Waals surface area contributed by atoms with Crippen LogP contribution in [0.5, 0.6) is 0 Å². The van der Waals surface area contributed by atoms with Crippen LogP contribution in [0.15, 0.2) is 0 Å². The smallest absolute Gasteiger partial charge is 0.0178 e. The quantitative estimate of drug-likeness (QED) is 0.498. The Hall–Kier alpha value is 0. The minimum atomic E-state index is 0.851. The van der Waals surface area contributed by atoms with E-state index < -0.39 is 0 Å². The number of hydrogen-bond donors (Lipinski definition) is 0. The second-order valence-corrected chi connectivity index (χ2v) is 5.33. The van der Waals surface area contributed by atoms with Crippen molar-refractivity contribution in [2.45, 2.75) is 27.7 Å². The van der Waals surface area contributed by atoms with Crippen molar-refractivity contribution in [3.8, 4) is 0 Å². The summed E-state index contributed by atoms with van der Waals surface area (Å²) in [5.41, 5.74) is 0.851. The van der Waals surface area contributed by atoms with Crippen LogP contribution >= 0.6 is 0 Å². The summed E-state index contributed by atoms with van der Waals surface area (Å²) in [5.74, 6) is 6.53. The van der Waals surface area contributed by atoms with Crippen LogP contribution in [-0.4, -0.2) is 0 Å². The molecule has 3 saturated carbocycles. The molecule has 0 aliphatic heterocycles. The molecule has 0 saturated heterocycles. The Morgan fingerprint density at radius 2 is 1.36 bits per heavy atom. The first-order valence-corrected chi connectivity index (χ1v) is 5.13. The molecular formula is C11H18. The van der Waals surface area contributed by atoms with Gasteiger partial charge in [0.05, 0.1) is 0 Å². The highest BCUT2D eigenvalue weighted by Gasteiger charge is 2.84. The van der Waals surface area contributed by atoms with Crippen LogP contribution in [-0.2, 0) is 0 Å². The van der Waals surface area contributed by atoms with Gasteiger partial charge in [0, 0.05) is 0 Å². The van der Waals surface area contributed by atoms with Crippen molar-refractivity contribution in [1.29, 1.82) is 0 Å². The third kappa shape index (κ3) is 0.400. The molecule has 0 heterocycles. The second-order valence-electron chi connectivity index (χ2n) is 5.33. The summed E-state index contributed by atoms with van der Waals surface area (Å²) in [6.45, 7) is 9.87. The molecule has 0 radical (unpaired) electrons. The summed E-state index contributed by atoms with van der Waals surface area (Å²) in [7, 11) is 0. The van der Waals surface area contributed by atoms with Crippen LogP contribution < -0.4 is 0 Å². The first kappa shape index (κ1) is 6.51.